The van der Waals surface area contributed by atoms with Gasteiger partial charge in [0.2, 0.25) is 0 Å². The van der Waals surface area contributed by atoms with E-state index in [0.717, 1.165) is 11.2 Å². The fraction of sp³-hybridized carbons (Fsp3) is 0.545. The van der Waals surface area contributed by atoms with Crippen molar-refractivity contribution in [2.24, 2.45) is 5.41 Å². The minimum atomic E-state index is -4.53. The van der Waals surface area contributed by atoms with Gasteiger partial charge in [-0.25, -0.2) is 17.6 Å². The Morgan fingerprint density at radius 2 is 1.94 bits per heavy atom. The zero-order chi connectivity index (χ0) is 34.8. The van der Waals surface area contributed by atoms with Gasteiger partial charge in [-0.2, -0.15) is 13.2 Å². The second-order valence-corrected chi connectivity index (χ2v) is 15.0. The van der Waals surface area contributed by atoms with Gasteiger partial charge in [-0.3, -0.25) is 0 Å². The van der Waals surface area contributed by atoms with Crippen molar-refractivity contribution in [1.82, 2.24) is 15.1 Å². The first-order valence-corrected chi connectivity index (χ1v) is 17.2. The number of hydrogen-bond donors (Lipinski definition) is 2. The Labute approximate surface area is 273 Å². The van der Waals surface area contributed by atoms with Crippen molar-refractivity contribution in [3.05, 3.63) is 53.9 Å². The third-order valence-corrected chi connectivity index (χ3v) is 9.07. The molecule has 2 unspecified atom stereocenters. The number of carbonyl (C=O) groups is 1. The van der Waals surface area contributed by atoms with Gasteiger partial charge in [-0.15, -0.1) is 0 Å². The zero-order valence-corrected chi connectivity index (χ0v) is 28.2. The fourth-order valence-electron chi connectivity index (χ4n) is 5.76. The van der Waals surface area contributed by atoms with Crippen LogP contribution in [-0.2, 0) is 14.6 Å². The van der Waals surface area contributed by atoms with E-state index in [2.05, 4.69) is 22.5 Å². The summed E-state index contributed by atoms with van der Waals surface area (Å²) in [6.07, 6.45) is 1.59. The van der Waals surface area contributed by atoms with Crippen molar-refractivity contribution in [2.45, 2.75) is 76.0 Å². The average Bonchev–Trinajstić information content (AvgIpc) is 3.22. The summed E-state index contributed by atoms with van der Waals surface area (Å²) in [5, 5.41) is 6.35. The number of nitrogens with zero attached hydrogens (tertiary/aromatic N) is 2. The second kappa shape index (κ2) is 13.8. The van der Waals surface area contributed by atoms with Gasteiger partial charge in [-0.1, -0.05) is 18.1 Å². The van der Waals surface area contributed by atoms with Crippen LogP contribution in [0.4, 0.5) is 28.0 Å². The van der Waals surface area contributed by atoms with Crippen molar-refractivity contribution in [3.63, 3.8) is 0 Å². The van der Waals surface area contributed by atoms with Crippen molar-refractivity contribution >= 4 is 21.6 Å². The molecule has 4 rings (SSSR count). The molecule has 2 heterocycles. The average molecular weight is 683 g/mol. The van der Waals surface area contributed by atoms with E-state index >= 15 is 4.39 Å². The molecule has 258 valence electrons. The molecule has 1 aromatic carbocycles. The first-order chi connectivity index (χ1) is 21.8. The number of anilines is 1. The monoisotopic (exact) mass is 682 g/mol. The van der Waals surface area contributed by atoms with E-state index in [1.807, 2.05) is 0 Å². The highest BCUT2D eigenvalue weighted by Gasteiger charge is 2.48. The van der Waals surface area contributed by atoms with Crippen LogP contribution >= 0.6 is 0 Å². The Bertz CT molecular complexity index is 1610. The van der Waals surface area contributed by atoms with Gasteiger partial charge in [0.15, 0.2) is 9.84 Å². The van der Waals surface area contributed by atoms with Crippen LogP contribution in [0.15, 0.2) is 58.8 Å². The number of carbonyl (C=O) groups excluding carboxylic acids is 1. The quantitative estimate of drug-likeness (QED) is 0.277. The lowest BCUT2D eigenvalue weighted by molar-refractivity contribution is -0.138. The summed E-state index contributed by atoms with van der Waals surface area (Å²) in [6, 6.07) is 3.19. The number of fused-ring (bicyclic) bond motifs is 1. The Morgan fingerprint density at radius 3 is 2.55 bits per heavy atom. The van der Waals surface area contributed by atoms with Crippen LogP contribution in [0.3, 0.4) is 0 Å². The molecule has 2 aliphatic heterocycles. The maximum Gasteiger partial charge on any atom is 0.410 e. The molecule has 14 heteroatoms. The number of ether oxygens (including phenoxy) is 2. The highest BCUT2D eigenvalue weighted by atomic mass is 32.2. The number of halogens is 4. The van der Waals surface area contributed by atoms with Crippen molar-refractivity contribution in [3.8, 4) is 17.6 Å². The summed E-state index contributed by atoms with van der Waals surface area (Å²) in [5.41, 5.74) is -0.667. The summed E-state index contributed by atoms with van der Waals surface area (Å²) >= 11 is 0. The normalized spacial score (nSPS) is 24.5. The minimum absolute atomic E-state index is 0.0327. The molecule has 0 radical (unpaired) electrons. The van der Waals surface area contributed by atoms with E-state index in [1.54, 1.807) is 65.0 Å². The van der Waals surface area contributed by atoms with Crippen LogP contribution < -0.4 is 15.4 Å². The van der Waals surface area contributed by atoms with E-state index in [9.17, 15) is 26.4 Å². The number of allylic oxidation sites excluding steroid dienone is 3. The van der Waals surface area contributed by atoms with Crippen LogP contribution in [0.25, 0.3) is 0 Å². The second-order valence-electron chi connectivity index (χ2n) is 13.0. The Kier molecular flexibility index (Phi) is 10.6. The van der Waals surface area contributed by atoms with Crippen molar-refractivity contribution < 1.29 is 40.2 Å². The Hall–Kier alpha value is -3.70. The number of benzene rings is 1. The number of sulfone groups is 1. The summed E-state index contributed by atoms with van der Waals surface area (Å²) in [6.45, 7) is 7.92. The van der Waals surface area contributed by atoms with E-state index in [1.165, 1.54) is 17.0 Å². The molecule has 47 heavy (non-hydrogen) atoms. The van der Waals surface area contributed by atoms with Crippen LogP contribution in [-0.4, -0.2) is 93.4 Å². The largest absolute Gasteiger partial charge is 0.492 e. The van der Waals surface area contributed by atoms with Gasteiger partial charge in [0.1, 0.15) is 24.1 Å². The molecule has 1 aromatic rings. The first-order valence-electron chi connectivity index (χ1n) is 15.3. The maximum absolute atomic E-state index is 15.4. The fourth-order valence-corrected chi connectivity index (χ4v) is 6.39. The molecule has 1 aliphatic carbocycles. The zero-order valence-electron chi connectivity index (χ0n) is 27.4. The number of hydrogen-bond acceptors (Lipinski definition) is 8. The number of alkyl halides is 4. The molecule has 4 atom stereocenters. The maximum atomic E-state index is 15.4. The Balaban J connectivity index is 1.52. The number of rotatable bonds is 8. The number of amides is 1. The third-order valence-electron chi connectivity index (χ3n) is 7.96. The highest BCUT2D eigenvalue weighted by Crippen LogP contribution is 2.47. The van der Waals surface area contributed by atoms with Gasteiger partial charge in [0.05, 0.1) is 36.0 Å². The molecule has 2 N–H and O–H groups in total. The molecule has 3 aliphatic rings. The van der Waals surface area contributed by atoms with Crippen molar-refractivity contribution in [2.75, 3.05) is 44.4 Å². The molecular weight excluding hydrogens is 640 g/mol. The molecule has 0 aromatic heterocycles. The highest BCUT2D eigenvalue weighted by molar-refractivity contribution is 7.90. The van der Waals surface area contributed by atoms with E-state index in [4.69, 9.17) is 9.47 Å². The molecule has 9 nitrogen and oxygen atoms in total. The molecular formula is C33H42F4N4O5S. The minimum Gasteiger partial charge on any atom is -0.492 e. The molecule has 1 amide bonds. The lowest BCUT2D eigenvalue weighted by Crippen LogP contribution is -2.57. The summed E-state index contributed by atoms with van der Waals surface area (Å²) in [7, 11) is -3.46. The number of nitrogens with one attached hydrogen (secondary N) is 2. The van der Waals surface area contributed by atoms with Gasteiger partial charge in [0, 0.05) is 42.1 Å². The third kappa shape index (κ3) is 9.01. The molecule has 0 saturated carbocycles. The predicted octanol–water partition coefficient (Wildman–Crippen LogP) is 5.43. The summed E-state index contributed by atoms with van der Waals surface area (Å²) in [4.78, 5) is 15.0. The molecule has 1 fully saturated rings. The lowest BCUT2D eigenvalue weighted by Gasteiger charge is -2.42. The topological polar surface area (TPSA) is 100 Å². The van der Waals surface area contributed by atoms with Gasteiger partial charge >= 0.3 is 12.3 Å². The lowest BCUT2D eigenvalue weighted by atomic mass is 9.76. The summed E-state index contributed by atoms with van der Waals surface area (Å²) in [5.74, 6) is 6.06. The van der Waals surface area contributed by atoms with Crippen LogP contribution in [0.1, 0.15) is 41.0 Å². The number of piperidine rings is 1. The van der Waals surface area contributed by atoms with E-state index in [-0.39, 0.29) is 36.8 Å². The van der Waals surface area contributed by atoms with E-state index < -0.39 is 57.9 Å². The standard InChI is InChI=1S/C33H42F4N4O5S/c1-7-45-27-18-23(47(6,43)44)13-14-26(27)38-16-9-10-22-19-32(5)28(11-8-12-29(32)41(22)21-33(35,36)37)39-25-15-17-40(20-24(25)34)30(42)46-31(2,3)4/h8,11-14,18-19,24-25,28,38-39H,7,15-17,20-21H2,1-6H3/t24-,25+,28?,32?/m0/s1. The van der Waals surface area contributed by atoms with Gasteiger partial charge in [-0.05, 0) is 71.2 Å². The van der Waals surface area contributed by atoms with Gasteiger partial charge < -0.3 is 29.9 Å². The Morgan fingerprint density at radius 1 is 1.21 bits per heavy atom. The smallest absolute Gasteiger partial charge is 0.410 e. The predicted molar refractivity (Wildman–Crippen MR) is 171 cm³/mol. The summed E-state index contributed by atoms with van der Waals surface area (Å²) < 4.78 is 91.7. The number of likely N-dealkylation sites (tertiary alicyclic amines) is 1. The van der Waals surface area contributed by atoms with Crippen molar-refractivity contribution in [1.29, 1.82) is 0 Å². The van der Waals surface area contributed by atoms with Crippen LogP contribution in [0, 0.1) is 17.3 Å². The molecule has 0 spiro atoms. The first kappa shape index (κ1) is 36.1. The van der Waals surface area contributed by atoms with E-state index in [0.29, 0.717) is 23.6 Å². The van der Waals surface area contributed by atoms with Crippen LogP contribution in [0.2, 0.25) is 0 Å². The molecule has 1 saturated heterocycles. The van der Waals surface area contributed by atoms with Gasteiger partial charge in [0.25, 0.3) is 0 Å². The SMILES string of the molecule is CCOc1cc(S(C)(=O)=O)ccc1NCC#CC1=CC2(C)C(=CC=CC2N[C@@H]2CCN(C(=O)OC(C)(C)C)C[C@@H]2F)N1CC(F)(F)F. The molecule has 0 bridgehead atoms. The van der Waals surface area contributed by atoms with Crippen LogP contribution in [0.5, 0.6) is 5.75 Å².